The van der Waals surface area contributed by atoms with Gasteiger partial charge in [-0.2, -0.15) is 0 Å². The molecule has 0 heterocycles. The highest BCUT2D eigenvalue weighted by Gasteiger charge is 1.90. The van der Waals surface area contributed by atoms with Gasteiger partial charge in [0.05, 0.1) is 0 Å². The fraction of sp³-hybridized carbons (Fsp3) is 0.267. The minimum Gasteiger partial charge on any atom is -0.334 e. The lowest BCUT2D eigenvalue weighted by Crippen LogP contribution is -2.32. The summed E-state index contributed by atoms with van der Waals surface area (Å²) >= 11 is 0. The lowest BCUT2D eigenvalue weighted by Gasteiger charge is -1.99. The quantitative estimate of drug-likeness (QED) is 0.691. The summed E-state index contributed by atoms with van der Waals surface area (Å²) in [5.74, 6) is 0. The highest BCUT2D eigenvalue weighted by atomic mass is 16.2. The predicted octanol–water partition coefficient (Wildman–Crippen LogP) is 3.70. The van der Waals surface area contributed by atoms with Crippen molar-refractivity contribution in [2.45, 2.75) is 20.8 Å². The normalized spacial score (nSPS) is 10.8. The molecule has 3 heteroatoms. The van der Waals surface area contributed by atoms with E-state index in [2.05, 4.69) is 17.2 Å². The second kappa shape index (κ2) is 17.4. The van der Waals surface area contributed by atoms with E-state index in [1.54, 1.807) is 30.5 Å². The molecule has 0 aromatic heterocycles. The molecule has 0 aromatic carbocycles. The zero-order valence-electron chi connectivity index (χ0n) is 11.5. The third-order valence-electron chi connectivity index (χ3n) is 1.49. The molecule has 3 nitrogen and oxygen atoms in total. The van der Waals surface area contributed by atoms with Crippen LogP contribution in [0.5, 0.6) is 0 Å². The van der Waals surface area contributed by atoms with E-state index < -0.39 is 0 Å². The van der Waals surface area contributed by atoms with Crippen LogP contribution in [-0.4, -0.2) is 12.6 Å². The summed E-state index contributed by atoms with van der Waals surface area (Å²) in [5, 5.41) is 5.23. The second-order valence-corrected chi connectivity index (χ2v) is 2.79. The highest BCUT2D eigenvalue weighted by Crippen LogP contribution is 1.77. The molecule has 100 valence electrons. The summed E-state index contributed by atoms with van der Waals surface area (Å²) in [6, 6.07) is -0.228. The molecule has 0 saturated heterocycles. The maximum Gasteiger partial charge on any atom is 0.319 e. The maximum atomic E-state index is 11.1. The van der Waals surface area contributed by atoms with Crippen LogP contribution in [0.4, 0.5) is 4.79 Å². The largest absolute Gasteiger partial charge is 0.334 e. The minimum absolute atomic E-state index is 0.228. The van der Waals surface area contributed by atoms with Gasteiger partial charge in [-0.05, 0) is 13.0 Å². The summed E-state index contributed by atoms with van der Waals surface area (Å²) in [6.07, 6.45) is 16.1. The first-order valence-electron chi connectivity index (χ1n) is 6.07. The van der Waals surface area contributed by atoms with Crippen LogP contribution in [-0.2, 0) is 0 Å². The SMILES string of the molecule is C=C/C=C\C=C\NC(=O)NC/C=C\C=C/C.CC. The number of carbonyl (C=O) groups excluding carboxylic acids is 1. The van der Waals surface area contributed by atoms with Crippen molar-refractivity contribution in [1.82, 2.24) is 10.6 Å². The van der Waals surface area contributed by atoms with Crippen LogP contribution in [0.15, 0.2) is 61.4 Å². The van der Waals surface area contributed by atoms with Crippen LogP contribution >= 0.6 is 0 Å². The maximum absolute atomic E-state index is 11.1. The average Bonchev–Trinajstić information content (AvgIpc) is 2.40. The van der Waals surface area contributed by atoms with Crippen molar-refractivity contribution >= 4 is 6.03 Å². The molecule has 0 unspecified atom stereocenters. The standard InChI is InChI=1S/C13H18N2O.C2H6/c1-3-5-7-9-11-14-13(16)15-12-10-8-6-4-2;1-2/h3-11H,1,12H2,2H3,(H2,14,15,16);1-2H3/b6-4-,7-5-,10-8-,11-9+;. The van der Waals surface area contributed by atoms with Crippen molar-refractivity contribution in [3.63, 3.8) is 0 Å². The van der Waals surface area contributed by atoms with E-state index in [1.807, 2.05) is 45.1 Å². The van der Waals surface area contributed by atoms with Crippen LogP contribution in [0.2, 0.25) is 0 Å². The van der Waals surface area contributed by atoms with E-state index in [0.29, 0.717) is 6.54 Å². The molecule has 0 bridgehead atoms. The fourth-order valence-electron chi connectivity index (χ4n) is 0.782. The Morgan fingerprint density at radius 3 is 2.44 bits per heavy atom. The zero-order valence-corrected chi connectivity index (χ0v) is 11.5. The monoisotopic (exact) mass is 248 g/mol. The number of amides is 2. The van der Waals surface area contributed by atoms with Gasteiger partial charge in [-0.15, -0.1) is 0 Å². The fourth-order valence-corrected chi connectivity index (χ4v) is 0.782. The number of hydrogen-bond donors (Lipinski definition) is 2. The number of urea groups is 1. The summed E-state index contributed by atoms with van der Waals surface area (Å²) in [7, 11) is 0. The molecule has 0 fully saturated rings. The second-order valence-electron chi connectivity index (χ2n) is 2.79. The molecule has 0 aliphatic carbocycles. The van der Waals surface area contributed by atoms with Gasteiger partial charge in [-0.25, -0.2) is 4.79 Å². The smallest absolute Gasteiger partial charge is 0.319 e. The molecule has 0 aliphatic rings. The molecule has 0 saturated carbocycles. The molecular weight excluding hydrogens is 224 g/mol. The number of nitrogens with one attached hydrogen (secondary N) is 2. The van der Waals surface area contributed by atoms with Gasteiger partial charge in [0.1, 0.15) is 0 Å². The van der Waals surface area contributed by atoms with E-state index >= 15 is 0 Å². The van der Waals surface area contributed by atoms with E-state index in [-0.39, 0.29) is 6.03 Å². The van der Waals surface area contributed by atoms with E-state index in [1.165, 1.54) is 0 Å². The summed E-state index contributed by atoms with van der Waals surface area (Å²) < 4.78 is 0. The summed E-state index contributed by atoms with van der Waals surface area (Å²) in [6.45, 7) is 9.97. The Morgan fingerprint density at radius 1 is 1.11 bits per heavy atom. The molecule has 18 heavy (non-hydrogen) atoms. The average molecular weight is 248 g/mol. The van der Waals surface area contributed by atoms with Gasteiger partial charge in [0.25, 0.3) is 0 Å². The Hall–Kier alpha value is -2.03. The van der Waals surface area contributed by atoms with Crippen molar-refractivity contribution in [1.29, 1.82) is 0 Å². The molecular formula is C15H24N2O. The number of rotatable bonds is 6. The van der Waals surface area contributed by atoms with Crippen molar-refractivity contribution in [3.05, 3.63) is 61.4 Å². The first-order chi connectivity index (χ1) is 8.81. The third-order valence-corrected chi connectivity index (χ3v) is 1.49. The molecule has 0 spiro atoms. The molecule has 0 rings (SSSR count). The Balaban J connectivity index is 0. The number of allylic oxidation sites excluding steroid dienone is 7. The van der Waals surface area contributed by atoms with Crippen LogP contribution in [0.3, 0.4) is 0 Å². The first-order valence-corrected chi connectivity index (χ1v) is 6.07. The molecule has 0 atom stereocenters. The first kappa shape index (κ1) is 18.3. The molecule has 0 radical (unpaired) electrons. The summed E-state index contributed by atoms with van der Waals surface area (Å²) in [5.41, 5.74) is 0. The van der Waals surface area contributed by atoms with E-state index in [0.717, 1.165) is 0 Å². The Labute approximate surface area is 111 Å². The van der Waals surface area contributed by atoms with E-state index in [9.17, 15) is 4.79 Å². The van der Waals surface area contributed by atoms with Crippen molar-refractivity contribution in [2.75, 3.05) is 6.54 Å². The molecule has 0 aromatic rings. The predicted molar refractivity (Wildman–Crippen MR) is 80.3 cm³/mol. The van der Waals surface area contributed by atoms with E-state index in [4.69, 9.17) is 0 Å². The van der Waals surface area contributed by atoms with Crippen LogP contribution in [0.1, 0.15) is 20.8 Å². The lowest BCUT2D eigenvalue weighted by atomic mass is 10.4. The zero-order chi connectivity index (χ0) is 14.1. The van der Waals surface area contributed by atoms with Gasteiger partial charge >= 0.3 is 6.03 Å². The Bertz CT molecular complexity index is 312. The summed E-state index contributed by atoms with van der Waals surface area (Å²) in [4.78, 5) is 11.1. The Morgan fingerprint density at radius 2 is 1.83 bits per heavy atom. The van der Waals surface area contributed by atoms with Crippen LogP contribution in [0.25, 0.3) is 0 Å². The lowest BCUT2D eigenvalue weighted by molar-refractivity contribution is 0.245. The third kappa shape index (κ3) is 16.4. The van der Waals surface area contributed by atoms with Crippen molar-refractivity contribution in [2.24, 2.45) is 0 Å². The minimum atomic E-state index is -0.228. The van der Waals surface area contributed by atoms with Gasteiger partial charge < -0.3 is 10.6 Å². The highest BCUT2D eigenvalue weighted by molar-refractivity contribution is 5.75. The topological polar surface area (TPSA) is 41.1 Å². The number of hydrogen-bond acceptors (Lipinski definition) is 1. The van der Waals surface area contributed by atoms with Gasteiger partial charge in [0.15, 0.2) is 0 Å². The van der Waals surface area contributed by atoms with Crippen LogP contribution < -0.4 is 10.6 Å². The van der Waals surface area contributed by atoms with Gasteiger partial charge in [-0.1, -0.05) is 63.0 Å². The van der Waals surface area contributed by atoms with Crippen molar-refractivity contribution in [3.8, 4) is 0 Å². The van der Waals surface area contributed by atoms with Gasteiger partial charge in [0.2, 0.25) is 0 Å². The molecule has 2 amide bonds. The van der Waals surface area contributed by atoms with Crippen molar-refractivity contribution < 1.29 is 4.79 Å². The Kier molecular flexibility index (Phi) is 17.7. The van der Waals surface area contributed by atoms with Gasteiger partial charge in [0, 0.05) is 12.7 Å². The number of carbonyl (C=O) groups is 1. The molecule has 0 aliphatic heterocycles. The van der Waals surface area contributed by atoms with Gasteiger partial charge in [-0.3, -0.25) is 0 Å². The molecule has 2 N–H and O–H groups in total. The van der Waals surface area contributed by atoms with Crippen LogP contribution in [0, 0.1) is 0 Å².